The highest BCUT2D eigenvalue weighted by molar-refractivity contribution is 8.00. The first kappa shape index (κ1) is 18.3. The van der Waals surface area contributed by atoms with Crippen molar-refractivity contribution in [2.45, 2.75) is 10.9 Å². The van der Waals surface area contributed by atoms with Gasteiger partial charge >= 0.3 is 0 Å². The highest BCUT2D eigenvalue weighted by atomic mass is 32.2. The second-order valence-electron chi connectivity index (χ2n) is 6.30. The van der Waals surface area contributed by atoms with E-state index in [1.165, 1.54) is 11.3 Å². The van der Waals surface area contributed by atoms with Crippen LogP contribution in [0.15, 0.2) is 57.7 Å². The van der Waals surface area contributed by atoms with Crippen molar-refractivity contribution in [1.82, 2.24) is 19.5 Å². The lowest BCUT2D eigenvalue weighted by Gasteiger charge is -2.09. The number of nitrogens with one attached hydrogen (secondary N) is 1. The van der Waals surface area contributed by atoms with Gasteiger partial charge in [0.15, 0.2) is 10.2 Å². The van der Waals surface area contributed by atoms with E-state index in [4.69, 9.17) is 0 Å². The fraction of sp³-hybridized carbons (Fsp3) is 0.100. The van der Waals surface area contributed by atoms with Crippen molar-refractivity contribution in [3.63, 3.8) is 0 Å². The van der Waals surface area contributed by atoms with Crippen LogP contribution >= 0.6 is 34.4 Å². The molecule has 5 aromatic rings. The molecule has 1 amide bonds. The molecule has 0 radical (unpaired) electrons. The molecule has 3 heterocycles. The van der Waals surface area contributed by atoms with Crippen LogP contribution in [0, 0.1) is 0 Å². The molecule has 0 unspecified atom stereocenters. The Hall–Kier alpha value is -2.75. The summed E-state index contributed by atoms with van der Waals surface area (Å²) in [6.45, 7) is 0.157. The Balaban J connectivity index is 1.45. The predicted octanol–water partition coefficient (Wildman–Crippen LogP) is 5.13. The fourth-order valence-electron chi connectivity index (χ4n) is 3.17. The average molecular weight is 438 g/mol. The molecule has 0 aliphatic carbocycles. The molecule has 0 fully saturated rings. The number of aromatic nitrogens is 4. The molecule has 0 spiro atoms. The number of hydrogen-bond acceptors (Lipinski definition) is 7. The van der Waals surface area contributed by atoms with Gasteiger partial charge in [0.2, 0.25) is 5.91 Å². The minimum absolute atomic E-state index is 0.112. The van der Waals surface area contributed by atoms with Crippen LogP contribution in [-0.2, 0) is 11.3 Å². The quantitative estimate of drug-likeness (QED) is 0.386. The first-order valence-electron chi connectivity index (χ1n) is 8.79. The second kappa shape index (κ2) is 7.58. The molecule has 6 nitrogen and oxygen atoms in total. The molecule has 1 N–H and O–H groups in total. The van der Waals surface area contributed by atoms with Gasteiger partial charge in [-0.1, -0.05) is 23.9 Å². The number of benzene rings is 2. The van der Waals surface area contributed by atoms with E-state index >= 15 is 0 Å². The summed E-state index contributed by atoms with van der Waals surface area (Å²) in [4.78, 5) is 26.4. The zero-order valence-corrected chi connectivity index (χ0v) is 17.8. The summed E-state index contributed by atoms with van der Waals surface area (Å²) in [7, 11) is 0. The maximum atomic E-state index is 12.8. The van der Waals surface area contributed by atoms with Crippen molar-refractivity contribution >= 4 is 67.3 Å². The van der Waals surface area contributed by atoms with E-state index in [0.717, 1.165) is 37.0 Å². The summed E-state index contributed by atoms with van der Waals surface area (Å²) < 4.78 is 3.99. The smallest absolute Gasteiger partial charge is 0.244 e. The number of carbonyl (C=O) groups is 1. The number of imidazole rings is 1. The topological polar surface area (TPSA) is 72.7 Å². The van der Waals surface area contributed by atoms with Gasteiger partial charge in [-0.05, 0) is 36.6 Å². The summed E-state index contributed by atoms with van der Waals surface area (Å²) in [5, 5.41) is 4.94. The Morgan fingerprint density at radius 3 is 2.90 bits per heavy atom. The number of thiazole rings is 2. The first-order chi connectivity index (χ1) is 14.2. The molecule has 0 atom stereocenters. The molecule has 29 heavy (non-hydrogen) atoms. The average Bonchev–Trinajstić information content (AvgIpc) is 3.46. The van der Waals surface area contributed by atoms with Crippen LogP contribution in [0.3, 0.4) is 0 Å². The molecule has 2 aromatic carbocycles. The van der Waals surface area contributed by atoms with Crippen molar-refractivity contribution in [2.24, 2.45) is 0 Å². The third kappa shape index (κ3) is 3.52. The lowest BCUT2D eigenvalue weighted by molar-refractivity contribution is -0.116. The Kier molecular flexibility index (Phi) is 4.78. The van der Waals surface area contributed by atoms with E-state index in [1.54, 1.807) is 28.6 Å². The highest BCUT2D eigenvalue weighted by Gasteiger charge is 2.16. The monoisotopic (exact) mass is 437 g/mol. The second-order valence-corrected chi connectivity index (χ2v) is 9.10. The first-order valence-corrected chi connectivity index (χ1v) is 11.8. The normalized spacial score (nSPS) is 11.3. The molecule has 5 rings (SSSR count). The van der Waals surface area contributed by atoms with Crippen LogP contribution in [0.5, 0.6) is 0 Å². The zero-order valence-electron chi connectivity index (χ0n) is 15.3. The number of thioether (sulfide) groups is 1. The van der Waals surface area contributed by atoms with Crippen LogP contribution in [0.1, 0.15) is 0 Å². The SMILES string of the molecule is CSc1nc2ccc(NC(=O)Cn3c(-c4cscn4)nc4ccccc43)cc2s1. The van der Waals surface area contributed by atoms with Gasteiger partial charge in [-0.3, -0.25) is 4.79 Å². The van der Waals surface area contributed by atoms with E-state index < -0.39 is 0 Å². The van der Waals surface area contributed by atoms with Crippen molar-refractivity contribution < 1.29 is 4.79 Å². The van der Waals surface area contributed by atoms with Crippen molar-refractivity contribution in [1.29, 1.82) is 0 Å². The summed E-state index contributed by atoms with van der Waals surface area (Å²) in [5.74, 6) is 0.587. The number of fused-ring (bicyclic) bond motifs is 2. The van der Waals surface area contributed by atoms with Gasteiger partial charge in [0.1, 0.15) is 12.2 Å². The molecule has 144 valence electrons. The molecule has 0 aliphatic heterocycles. The molecule has 0 aliphatic rings. The summed E-state index contributed by atoms with van der Waals surface area (Å²) in [6.07, 6.45) is 2.01. The summed E-state index contributed by atoms with van der Waals surface area (Å²) in [6, 6.07) is 13.6. The summed E-state index contributed by atoms with van der Waals surface area (Å²) >= 11 is 4.76. The van der Waals surface area contributed by atoms with E-state index in [0.29, 0.717) is 5.82 Å². The van der Waals surface area contributed by atoms with E-state index in [-0.39, 0.29) is 12.5 Å². The third-order valence-electron chi connectivity index (χ3n) is 4.44. The molecular weight excluding hydrogens is 422 g/mol. The maximum absolute atomic E-state index is 12.8. The van der Waals surface area contributed by atoms with Crippen LogP contribution < -0.4 is 5.32 Å². The molecular formula is C20H15N5OS3. The molecule has 3 aromatic heterocycles. The Morgan fingerprint density at radius 2 is 2.07 bits per heavy atom. The fourth-order valence-corrected chi connectivity index (χ4v) is 5.23. The van der Waals surface area contributed by atoms with Gasteiger partial charge in [-0.2, -0.15) is 0 Å². The number of amides is 1. The Bertz CT molecular complexity index is 1320. The number of carbonyl (C=O) groups excluding carboxylic acids is 1. The minimum Gasteiger partial charge on any atom is -0.324 e. The van der Waals surface area contributed by atoms with Gasteiger partial charge in [0, 0.05) is 11.1 Å². The van der Waals surface area contributed by atoms with Crippen molar-refractivity contribution in [2.75, 3.05) is 11.6 Å². The van der Waals surface area contributed by atoms with E-state index in [2.05, 4.69) is 20.3 Å². The van der Waals surface area contributed by atoms with Crippen LogP contribution in [-0.4, -0.2) is 31.7 Å². The number of rotatable bonds is 5. The standard InChI is InChI=1S/C20H15N5OS3/c1-27-20-24-14-7-6-12(8-17(14)29-20)22-18(26)9-25-16-5-3-2-4-13(16)23-19(25)15-10-28-11-21-15/h2-8,10-11H,9H2,1H3,(H,22,26). The van der Waals surface area contributed by atoms with Crippen LogP contribution in [0.2, 0.25) is 0 Å². The lowest BCUT2D eigenvalue weighted by Crippen LogP contribution is -2.19. The number of hydrogen-bond donors (Lipinski definition) is 1. The molecule has 9 heteroatoms. The van der Waals surface area contributed by atoms with Gasteiger partial charge in [-0.15, -0.1) is 22.7 Å². The van der Waals surface area contributed by atoms with Gasteiger partial charge in [0.25, 0.3) is 0 Å². The number of anilines is 1. The number of nitrogens with zero attached hydrogens (tertiary/aromatic N) is 4. The highest BCUT2D eigenvalue weighted by Crippen LogP contribution is 2.30. The molecule has 0 saturated carbocycles. The van der Waals surface area contributed by atoms with Gasteiger partial charge in [-0.25, -0.2) is 15.0 Å². The van der Waals surface area contributed by atoms with E-state index in [1.807, 2.05) is 58.7 Å². The predicted molar refractivity (Wildman–Crippen MR) is 121 cm³/mol. The van der Waals surface area contributed by atoms with E-state index in [9.17, 15) is 4.79 Å². The van der Waals surface area contributed by atoms with Crippen LogP contribution in [0.25, 0.3) is 32.8 Å². The Morgan fingerprint density at radius 1 is 1.17 bits per heavy atom. The third-order valence-corrected chi connectivity index (χ3v) is 7.03. The minimum atomic E-state index is -0.112. The number of para-hydroxylation sites is 2. The maximum Gasteiger partial charge on any atom is 0.244 e. The van der Waals surface area contributed by atoms with Crippen LogP contribution in [0.4, 0.5) is 5.69 Å². The Labute approximate surface area is 178 Å². The summed E-state index contributed by atoms with van der Waals surface area (Å²) in [5.41, 5.74) is 6.01. The largest absolute Gasteiger partial charge is 0.324 e. The zero-order chi connectivity index (χ0) is 19.8. The van der Waals surface area contributed by atoms with Crippen molar-refractivity contribution in [3.05, 3.63) is 53.4 Å². The van der Waals surface area contributed by atoms with Gasteiger partial charge < -0.3 is 9.88 Å². The lowest BCUT2D eigenvalue weighted by atomic mass is 10.3. The molecule has 0 saturated heterocycles. The van der Waals surface area contributed by atoms with Crippen molar-refractivity contribution in [3.8, 4) is 11.5 Å². The molecule has 0 bridgehead atoms. The van der Waals surface area contributed by atoms with Gasteiger partial charge in [0.05, 0.1) is 26.8 Å².